The van der Waals surface area contributed by atoms with Gasteiger partial charge in [0.05, 0.1) is 11.4 Å². The predicted octanol–water partition coefficient (Wildman–Crippen LogP) is 4.52. The largest absolute Gasteiger partial charge is 0.304 e. The van der Waals surface area contributed by atoms with Crippen LogP contribution in [-0.2, 0) is 6.54 Å². The molecule has 0 radical (unpaired) electrons. The van der Waals surface area contributed by atoms with Crippen LogP contribution >= 0.6 is 11.3 Å². The number of pyridine rings is 1. The minimum Gasteiger partial charge on any atom is -0.304 e. The van der Waals surface area contributed by atoms with Crippen molar-refractivity contribution in [1.82, 2.24) is 14.5 Å². The summed E-state index contributed by atoms with van der Waals surface area (Å²) < 4.78 is 2.20. The Morgan fingerprint density at radius 3 is 2.86 bits per heavy atom. The molecule has 0 saturated carbocycles. The van der Waals surface area contributed by atoms with Crippen LogP contribution in [0.4, 0.5) is 0 Å². The molecule has 0 amide bonds. The van der Waals surface area contributed by atoms with Crippen molar-refractivity contribution in [3.05, 3.63) is 71.2 Å². The first-order valence-electron chi connectivity index (χ1n) is 7.22. The maximum Gasteiger partial charge on any atom is 0.160 e. The van der Waals surface area contributed by atoms with E-state index in [0.29, 0.717) is 0 Å². The van der Waals surface area contributed by atoms with E-state index in [4.69, 9.17) is 4.98 Å². The third-order valence-electron chi connectivity index (χ3n) is 3.67. The van der Waals surface area contributed by atoms with E-state index in [9.17, 15) is 0 Å². The summed E-state index contributed by atoms with van der Waals surface area (Å²) >= 11 is 1.71. The molecule has 0 saturated heterocycles. The summed E-state index contributed by atoms with van der Waals surface area (Å²) in [6, 6.07) is 16.7. The number of nitrogens with zero attached hydrogens (tertiary/aromatic N) is 3. The molecule has 22 heavy (non-hydrogen) atoms. The van der Waals surface area contributed by atoms with E-state index in [0.717, 1.165) is 23.5 Å². The second-order valence-corrected chi connectivity index (χ2v) is 6.28. The summed E-state index contributed by atoms with van der Waals surface area (Å²) in [6.07, 6.45) is 1.83. The van der Waals surface area contributed by atoms with Crippen molar-refractivity contribution in [2.45, 2.75) is 13.5 Å². The van der Waals surface area contributed by atoms with Crippen LogP contribution in [0.25, 0.3) is 21.9 Å². The molecule has 0 unspecified atom stereocenters. The monoisotopic (exact) mass is 305 g/mol. The van der Waals surface area contributed by atoms with E-state index in [-0.39, 0.29) is 0 Å². The molecule has 0 fully saturated rings. The Hall–Kier alpha value is -2.46. The van der Waals surface area contributed by atoms with Crippen molar-refractivity contribution in [2.24, 2.45) is 0 Å². The Kier molecular flexibility index (Phi) is 3.24. The van der Waals surface area contributed by atoms with Crippen LogP contribution in [0.2, 0.25) is 0 Å². The van der Waals surface area contributed by atoms with Gasteiger partial charge in [-0.25, -0.2) is 9.97 Å². The molecule has 3 aromatic heterocycles. The molecular weight excluding hydrogens is 290 g/mol. The highest BCUT2D eigenvalue weighted by Gasteiger charge is 2.14. The molecule has 3 nitrogen and oxygen atoms in total. The molecule has 3 heterocycles. The average Bonchev–Trinajstić information content (AvgIpc) is 3.15. The molecule has 4 heteroatoms. The number of imidazole rings is 1. The van der Waals surface area contributed by atoms with Crippen molar-refractivity contribution in [3.63, 3.8) is 0 Å². The lowest BCUT2D eigenvalue weighted by Gasteiger charge is -2.08. The van der Waals surface area contributed by atoms with E-state index in [1.54, 1.807) is 11.3 Å². The highest BCUT2D eigenvalue weighted by molar-refractivity contribution is 7.13. The first kappa shape index (κ1) is 13.2. The molecule has 108 valence electrons. The third kappa shape index (κ3) is 2.31. The minimum absolute atomic E-state index is 0.780. The lowest BCUT2D eigenvalue weighted by Crippen LogP contribution is -2.02. The fourth-order valence-corrected chi connectivity index (χ4v) is 3.42. The number of fused-ring (bicyclic) bond motifs is 1. The van der Waals surface area contributed by atoms with Gasteiger partial charge in [0, 0.05) is 6.20 Å². The van der Waals surface area contributed by atoms with Crippen LogP contribution in [0.1, 0.15) is 11.1 Å². The van der Waals surface area contributed by atoms with Crippen molar-refractivity contribution in [1.29, 1.82) is 0 Å². The fourth-order valence-electron chi connectivity index (χ4n) is 2.70. The molecule has 0 bridgehead atoms. The topological polar surface area (TPSA) is 30.7 Å². The Labute approximate surface area is 132 Å². The predicted molar refractivity (Wildman–Crippen MR) is 91.1 cm³/mol. The van der Waals surface area contributed by atoms with Crippen molar-refractivity contribution >= 4 is 22.5 Å². The number of hydrogen-bond acceptors (Lipinski definition) is 3. The Morgan fingerprint density at radius 2 is 2.05 bits per heavy atom. The van der Waals surface area contributed by atoms with Gasteiger partial charge in [-0.05, 0) is 36.1 Å². The van der Waals surface area contributed by atoms with Crippen molar-refractivity contribution in [3.8, 4) is 10.7 Å². The number of aromatic nitrogens is 3. The van der Waals surface area contributed by atoms with Gasteiger partial charge in [-0.15, -0.1) is 11.3 Å². The van der Waals surface area contributed by atoms with E-state index in [2.05, 4.69) is 58.3 Å². The third-order valence-corrected chi connectivity index (χ3v) is 4.53. The molecule has 0 aliphatic heterocycles. The zero-order chi connectivity index (χ0) is 14.9. The number of rotatable bonds is 3. The molecule has 1 aromatic carbocycles. The first-order valence-corrected chi connectivity index (χ1v) is 8.10. The molecule has 0 spiro atoms. The molecule has 0 N–H and O–H groups in total. The minimum atomic E-state index is 0.780. The van der Waals surface area contributed by atoms with E-state index < -0.39 is 0 Å². The molecule has 0 atom stereocenters. The standard InChI is InChI=1S/C18H15N3S/c1-13-5-2-6-14(11-13)12-21-17-15(7-3-9-19-17)20-18(21)16-8-4-10-22-16/h2-11H,12H2,1H3. The molecule has 0 aliphatic rings. The van der Waals surface area contributed by atoms with Gasteiger partial charge in [0.25, 0.3) is 0 Å². The summed E-state index contributed by atoms with van der Waals surface area (Å²) in [4.78, 5) is 10.5. The van der Waals surface area contributed by atoms with Crippen LogP contribution in [0.3, 0.4) is 0 Å². The molecule has 4 aromatic rings. The first-order chi connectivity index (χ1) is 10.8. The molecular formula is C18H15N3S. The van der Waals surface area contributed by atoms with Crippen LogP contribution in [-0.4, -0.2) is 14.5 Å². The smallest absolute Gasteiger partial charge is 0.160 e. The summed E-state index contributed by atoms with van der Waals surface area (Å²) in [6.45, 7) is 2.90. The van der Waals surface area contributed by atoms with Gasteiger partial charge < -0.3 is 4.57 Å². The lowest BCUT2D eigenvalue weighted by molar-refractivity contribution is 0.825. The van der Waals surface area contributed by atoms with Gasteiger partial charge in [-0.1, -0.05) is 35.9 Å². The number of benzene rings is 1. The summed E-state index contributed by atoms with van der Waals surface area (Å²) in [5.74, 6) is 0.991. The Bertz CT molecular complexity index is 923. The number of aryl methyl sites for hydroxylation is 1. The zero-order valence-electron chi connectivity index (χ0n) is 12.2. The van der Waals surface area contributed by atoms with Crippen LogP contribution in [0, 0.1) is 6.92 Å². The summed E-state index contributed by atoms with van der Waals surface area (Å²) in [7, 11) is 0. The highest BCUT2D eigenvalue weighted by Crippen LogP contribution is 2.28. The molecule has 0 aliphatic carbocycles. The second kappa shape index (κ2) is 5.39. The quantitative estimate of drug-likeness (QED) is 0.557. The normalized spacial score (nSPS) is 11.1. The van der Waals surface area contributed by atoms with E-state index in [1.165, 1.54) is 16.0 Å². The van der Waals surface area contributed by atoms with Gasteiger partial charge in [0.15, 0.2) is 11.5 Å². The van der Waals surface area contributed by atoms with Crippen molar-refractivity contribution < 1.29 is 0 Å². The second-order valence-electron chi connectivity index (χ2n) is 5.33. The summed E-state index contributed by atoms with van der Waals surface area (Å²) in [5, 5.41) is 2.08. The molecule has 4 rings (SSSR count). The van der Waals surface area contributed by atoms with Gasteiger partial charge in [-0.3, -0.25) is 0 Å². The van der Waals surface area contributed by atoms with Crippen LogP contribution < -0.4 is 0 Å². The Balaban J connectivity index is 1.89. The zero-order valence-corrected chi connectivity index (χ0v) is 13.0. The van der Waals surface area contributed by atoms with Crippen LogP contribution in [0.5, 0.6) is 0 Å². The van der Waals surface area contributed by atoms with Gasteiger partial charge in [0.1, 0.15) is 5.52 Å². The Morgan fingerprint density at radius 1 is 1.09 bits per heavy atom. The maximum absolute atomic E-state index is 4.78. The van der Waals surface area contributed by atoms with Crippen molar-refractivity contribution in [2.75, 3.05) is 0 Å². The van der Waals surface area contributed by atoms with Gasteiger partial charge >= 0.3 is 0 Å². The maximum atomic E-state index is 4.78. The SMILES string of the molecule is Cc1cccc(Cn2c(-c3cccs3)nc3cccnc32)c1. The van der Waals surface area contributed by atoms with Gasteiger partial charge in [-0.2, -0.15) is 0 Å². The lowest BCUT2D eigenvalue weighted by atomic mass is 10.1. The summed E-state index contributed by atoms with van der Waals surface area (Å²) in [5.41, 5.74) is 4.42. The fraction of sp³-hybridized carbons (Fsp3) is 0.111. The van der Waals surface area contributed by atoms with E-state index in [1.807, 2.05) is 18.3 Å². The number of thiophene rings is 1. The van der Waals surface area contributed by atoms with Crippen LogP contribution in [0.15, 0.2) is 60.1 Å². The van der Waals surface area contributed by atoms with Gasteiger partial charge in [0.2, 0.25) is 0 Å². The van der Waals surface area contributed by atoms with E-state index >= 15 is 0 Å². The average molecular weight is 305 g/mol. The highest BCUT2D eigenvalue weighted by atomic mass is 32.1. The number of hydrogen-bond donors (Lipinski definition) is 0.